The van der Waals surface area contributed by atoms with Crippen LogP contribution in [-0.4, -0.2) is 4.92 Å². The van der Waals surface area contributed by atoms with Crippen molar-refractivity contribution in [1.82, 2.24) is 0 Å². The molecule has 20 heavy (non-hydrogen) atoms. The molecule has 2 rings (SSSR count). The summed E-state index contributed by atoms with van der Waals surface area (Å²) >= 11 is 15.0. The molecule has 0 aliphatic heterocycles. The van der Waals surface area contributed by atoms with Crippen molar-refractivity contribution in [3.05, 3.63) is 61.6 Å². The van der Waals surface area contributed by atoms with Gasteiger partial charge in [-0.05, 0) is 39.7 Å². The van der Waals surface area contributed by atoms with Crippen LogP contribution in [-0.2, 0) is 5.88 Å². The highest BCUT2D eigenvalue weighted by molar-refractivity contribution is 9.10. The van der Waals surface area contributed by atoms with Crippen LogP contribution in [0.5, 0.6) is 11.5 Å². The Kier molecular flexibility index (Phi) is 4.86. The first-order valence-corrected chi connectivity index (χ1v) is 7.18. The highest BCUT2D eigenvalue weighted by Gasteiger charge is 2.12. The minimum atomic E-state index is -0.483. The van der Waals surface area contributed by atoms with Gasteiger partial charge in [0.1, 0.15) is 11.5 Å². The normalized spacial score (nSPS) is 10.3. The molecule has 0 spiro atoms. The molecule has 104 valence electrons. The summed E-state index contributed by atoms with van der Waals surface area (Å²) in [5.41, 5.74) is 0.741. The van der Waals surface area contributed by atoms with Gasteiger partial charge in [-0.2, -0.15) is 0 Å². The molecule has 0 atom stereocenters. The second-order valence-electron chi connectivity index (χ2n) is 3.86. The van der Waals surface area contributed by atoms with Gasteiger partial charge in [0.15, 0.2) is 0 Å². The van der Waals surface area contributed by atoms with E-state index in [9.17, 15) is 10.1 Å². The maximum Gasteiger partial charge on any atom is 0.273 e. The Morgan fingerprint density at radius 2 is 2.00 bits per heavy atom. The number of ether oxygens (including phenoxy) is 1. The molecule has 2 aromatic rings. The van der Waals surface area contributed by atoms with Gasteiger partial charge in [0.2, 0.25) is 0 Å². The van der Waals surface area contributed by atoms with Crippen LogP contribution in [0.3, 0.4) is 0 Å². The first-order chi connectivity index (χ1) is 9.51. The Labute approximate surface area is 133 Å². The molecular formula is C13H8BrCl2NO3. The molecule has 0 unspecified atom stereocenters. The number of rotatable bonds is 4. The summed E-state index contributed by atoms with van der Waals surface area (Å²) in [7, 11) is 0. The van der Waals surface area contributed by atoms with E-state index >= 15 is 0 Å². The number of nitro benzene ring substituents is 1. The van der Waals surface area contributed by atoms with E-state index in [2.05, 4.69) is 15.9 Å². The third-order valence-electron chi connectivity index (χ3n) is 2.52. The summed E-state index contributed by atoms with van der Waals surface area (Å²) in [4.78, 5) is 10.3. The molecule has 0 amide bonds. The summed E-state index contributed by atoms with van der Waals surface area (Å²) in [6.07, 6.45) is 0. The van der Waals surface area contributed by atoms with Crippen molar-refractivity contribution in [2.24, 2.45) is 0 Å². The number of nitrogens with zero attached hydrogens (tertiary/aromatic N) is 1. The standard InChI is InChI=1S/C13H8BrCl2NO3/c14-11-4-2-9(17(18)19)5-13(11)20-10-3-1-8(7-15)12(16)6-10/h1-6H,7H2. The molecular weight excluding hydrogens is 369 g/mol. The molecule has 0 saturated carbocycles. The second-order valence-corrected chi connectivity index (χ2v) is 5.39. The Hall–Kier alpha value is -1.30. The van der Waals surface area contributed by atoms with Gasteiger partial charge in [-0.3, -0.25) is 10.1 Å². The van der Waals surface area contributed by atoms with E-state index in [0.717, 1.165) is 5.56 Å². The van der Waals surface area contributed by atoms with Gasteiger partial charge in [0.25, 0.3) is 5.69 Å². The van der Waals surface area contributed by atoms with Gasteiger partial charge in [0, 0.05) is 17.0 Å². The minimum Gasteiger partial charge on any atom is -0.456 e. The van der Waals surface area contributed by atoms with Crippen molar-refractivity contribution in [3.8, 4) is 11.5 Å². The Balaban J connectivity index is 2.32. The van der Waals surface area contributed by atoms with Gasteiger partial charge in [-0.25, -0.2) is 0 Å². The Morgan fingerprint density at radius 1 is 1.25 bits per heavy atom. The SMILES string of the molecule is O=[N+]([O-])c1ccc(Br)c(Oc2ccc(CCl)c(Cl)c2)c1. The fourth-order valence-electron chi connectivity index (χ4n) is 1.51. The van der Waals surface area contributed by atoms with E-state index in [1.807, 2.05) is 0 Å². The van der Waals surface area contributed by atoms with Gasteiger partial charge < -0.3 is 4.74 Å². The molecule has 4 nitrogen and oxygen atoms in total. The number of nitro groups is 1. The van der Waals surface area contributed by atoms with Crippen LogP contribution >= 0.6 is 39.1 Å². The van der Waals surface area contributed by atoms with Crippen LogP contribution < -0.4 is 4.74 Å². The largest absolute Gasteiger partial charge is 0.456 e. The lowest BCUT2D eigenvalue weighted by atomic mass is 10.2. The average molecular weight is 377 g/mol. The fraction of sp³-hybridized carbons (Fsp3) is 0.0769. The lowest BCUT2D eigenvalue weighted by molar-refractivity contribution is -0.384. The van der Waals surface area contributed by atoms with Gasteiger partial charge in [-0.15, -0.1) is 11.6 Å². The number of hydrogen-bond donors (Lipinski definition) is 0. The van der Waals surface area contributed by atoms with Crippen molar-refractivity contribution in [2.45, 2.75) is 5.88 Å². The quantitative estimate of drug-likeness (QED) is 0.399. The second kappa shape index (κ2) is 6.43. The van der Waals surface area contributed by atoms with Gasteiger partial charge in [-0.1, -0.05) is 17.7 Å². The Bertz CT molecular complexity index is 664. The summed E-state index contributed by atoms with van der Waals surface area (Å²) in [5.74, 6) is 1.12. The molecule has 0 radical (unpaired) electrons. The molecule has 0 N–H and O–H groups in total. The molecule has 7 heteroatoms. The number of benzene rings is 2. The van der Waals surface area contributed by atoms with Crippen molar-refractivity contribution in [1.29, 1.82) is 0 Å². The first-order valence-electron chi connectivity index (χ1n) is 5.47. The van der Waals surface area contributed by atoms with Crippen molar-refractivity contribution in [2.75, 3.05) is 0 Å². The number of non-ortho nitro benzene ring substituents is 1. The summed E-state index contributed by atoms with van der Waals surface area (Å²) in [6.45, 7) is 0. The molecule has 2 aromatic carbocycles. The average Bonchev–Trinajstić information content (AvgIpc) is 2.41. The zero-order chi connectivity index (χ0) is 14.7. The highest BCUT2D eigenvalue weighted by atomic mass is 79.9. The lowest BCUT2D eigenvalue weighted by Crippen LogP contribution is -1.91. The predicted octanol–water partition coefficient (Wildman–Crippen LogP) is 5.54. The number of hydrogen-bond acceptors (Lipinski definition) is 3. The molecule has 0 saturated heterocycles. The van der Waals surface area contributed by atoms with Crippen LogP contribution in [0.2, 0.25) is 5.02 Å². The minimum absolute atomic E-state index is 0.0494. The lowest BCUT2D eigenvalue weighted by Gasteiger charge is -2.09. The zero-order valence-corrected chi connectivity index (χ0v) is 13.1. The topological polar surface area (TPSA) is 52.4 Å². The summed E-state index contributed by atoms with van der Waals surface area (Å²) in [6, 6.07) is 9.35. The number of alkyl halides is 1. The first kappa shape index (κ1) is 15.1. The van der Waals surface area contributed by atoms with E-state index in [1.165, 1.54) is 12.1 Å². The maximum atomic E-state index is 10.8. The Morgan fingerprint density at radius 3 is 2.60 bits per heavy atom. The van der Waals surface area contributed by atoms with E-state index in [4.69, 9.17) is 27.9 Å². The van der Waals surface area contributed by atoms with E-state index in [-0.39, 0.29) is 5.69 Å². The van der Waals surface area contributed by atoms with Crippen LogP contribution in [0.25, 0.3) is 0 Å². The fourth-order valence-corrected chi connectivity index (χ4v) is 2.38. The van der Waals surface area contributed by atoms with E-state index in [0.29, 0.717) is 26.9 Å². The van der Waals surface area contributed by atoms with Gasteiger partial charge >= 0.3 is 0 Å². The molecule has 0 bridgehead atoms. The monoisotopic (exact) mass is 375 g/mol. The third kappa shape index (κ3) is 3.42. The predicted molar refractivity (Wildman–Crippen MR) is 81.9 cm³/mol. The number of halogens is 3. The van der Waals surface area contributed by atoms with E-state index in [1.54, 1.807) is 24.3 Å². The van der Waals surface area contributed by atoms with Crippen molar-refractivity contribution in [3.63, 3.8) is 0 Å². The third-order valence-corrected chi connectivity index (χ3v) is 3.82. The van der Waals surface area contributed by atoms with Crippen molar-refractivity contribution < 1.29 is 9.66 Å². The molecule has 0 heterocycles. The molecule has 0 aliphatic rings. The molecule has 0 aliphatic carbocycles. The maximum absolute atomic E-state index is 10.8. The molecule has 0 fully saturated rings. The molecule has 0 aromatic heterocycles. The highest BCUT2D eigenvalue weighted by Crippen LogP contribution is 2.34. The summed E-state index contributed by atoms with van der Waals surface area (Å²) in [5, 5.41) is 11.2. The van der Waals surface area contributed by atoms with Crippen LogP contribution in [0.1, 0.15) is 5.56 Å². The van der Waals surface area contributed by atoms with Gasteiger partial charge in [0.05, 0.1) is 15.5 Å². The van der Waals surface area contributed by atoms with Crippen LogP contribution in [0, 0.1) is 10.1 Å². The van der Waals surface area contributed by atoms with Crippen molar-refractivity contribution >= 4 is 44.8 Å². The zero-order valence-electron chi connectivity index (χ0n) is 9.98. The van der Waals surface area contributed by atoms with Crippen LogP contribution in [0.15, 0.2) is 40.9 Å². The summed E-state index contributed by atoms with van der Waals surface area (Å²) < 4.78 is 6.21. The smallest absolute Gasteiger partial charge is 0.273 e. The van der Waals surface area contributed by atoms with E-state index < -0.39 is 4.92 Å². The van der Waals surface area contributed by atoms with Crippen LogP contribution in [0.4, 0.5) is 5.69 Å².